The molecule has 0 spiro atoms. The molecule has 16 rings (SSSR count). The smallest absolute Gasteiger partial charge is 0.305 e. The van der Waals surface area contributed by atoms with E-state index >= 15 is 0 Å². The lowest BCUT2D eigenvalue weighted by Gasteiger charge is -2.31. The van der Waals surface area contributed by atoms with Crippen molar-refractivity contribution >= 4 is 67.1 Å². The molecule has 0 radical (unpaired) electrons. The van der Waals surface area contributed by atoms with Gasteiger partial charge in [-0.3, -0.25) is 13.7 Å². The molecular formula is C72H49BN4O4. The number of fused-ring (bicyclic) bond motifs is 10. The van der Waals surface area contributed by atoms with E-state index in [1.807, 2.05) is 115 Å². The molecule has 0 unspecified atom stereocenters. The quantitative estimate of drug-likeness (QED) is 0.0862. The molecule has 0 saturated heterocycles. The van der Waals surface area contributed by atoms with Crippen LogP contribution < -0.4 is 35.4 Å². The van der Waals surface area contributed by atoms with Gasteiger partial charge in [0.2, 0.25) is 0 Å². The summed E-state index contributed by atoms with van der Waals surface area (Å²) in [5, 5.41) is 2.84. The molecule has 0 aliphatic carbocycles. The van der Waals surface area contributed by atoms with Crippen molar-refractivity contribution in [3.63, 3.8) is 0 Å². The number of benzene rings is 10. The zero-order valence-electron chi connectivity index (χ0n) is 53.8. The second kappa shape index (κ2) is 18.1. The van der Waals surface area contributed by atoms with Crippen LogP contribution in [0.4, 0.5) is 0 Å². The lowest BCUT2D eigenvalue weighted by Crippen LogP contribution is -2.56. The fraction of sp³-hybridized carbons (Fsp3) is 0.0556. The van der Waals surface area contributed by atoms with Crippen LogP contribution in [0.15, 0.2) is 247 Å². The number of nitrogens with zero attached hydrogens (tertiary/aromatic N) is 4. The van der Waals surface area contributed by atoms with Gasteiger partial charge in [-0.05, 0) is 135 Å². The first-order valence-corrected chi connectivity index (χ1v) is 26.6. The molecule has 0 atom stereocenters. The number of para-hydroxylation sites is 5. The molecule has 8 nitrogen and oxygen atoms in total. The predicted octanol–water partition coefficient (Wildman–Crippen LogP) is 15.8. The normalized spacial score (nSPS) is 14.3. The third-order valence-corrected chi connectivity index (χ3v) is 15.5. The van der Waals surface area contributed by atoms with Crippen LogP contribution in [0.5, 0.6) is 34.5 Å². The Labute approximate surface area is 482 Å². The monoisotopic (exact) mass is 1050 g/mol. The van der Waals surface area contributed by atoms with Gasteiger partial charge in [0, 0.05) is 28.5 Å². The summed E-state index contributed by atoms with van der Waals surface area (Å²) >= 11 is 0. The lowest BCUT2D eigenvalue weighted by molar-refractivity contribution is -0.571. The van der Waals surface area contributed by atoms with E-state index in [0.29, 0.717) is 45.5 Å². The Balaban J connectivity index is 0.823. The molecule has 0 N–H and O–H groups in total. The highest BCUT2D eigenvalue weighted by atomic mass is 16.5. The van der Waals surface area contributed by atoms with Crippen molar-refractivity contribution in [1.29, 1.82) is 0 Å². The molecule has 0 bridgehead atoms. The van der Waals surface area contributed by atoms with Gasteiger partial charge in [-0.2, -0.15) is 0 Å². The van der Waals surface area contributed by atoms with Gasteiger partial charge in [-0.25, -0.2) is 4.98 Å². The zero-order chi connectivity index (χ0) is 62.6. The van der Waals surface area contributed by atoms with E-state index in [-0.39, 0.29) is 40.1 Å². The van der Waals surface area contributed by atoms with E-state index in [4.69, 9.17) is 37.3 Å². The fourth-order valence-electron chi connectivity index (χ4n) is 11.7. The summed E-state index contributed by atoms with van der Waals surface area (Å²) < 4.78 is 121. The van der Waals surface area contributed by atoms with Crippen molar-refractivity contribution in [2.24, 2.45) is 0 Å². The first-order valence-electron chi connectivity index (χ1n) is 31.6. The van der Waals surface area contributed by atoms with Gasteiger partial charge in [-0.1, -0.05) is 166 Å². The molecule has 6 heterocycles. The van der Waals surface area contributed by atoms with E-state index in [9.17, 15) is 0 Å². The Morgan fingerprint density at radius 1 is 0.568 bits per heavy atom. The number of pyridine rings is 1. The van der Waals surface area contributed by atoms with Gasteiger partial charge in [-0.15, -0.1) is 0 Å². The van der Waals surface area contributed by atoms with Crippen molar-refractivity contribution in [2.75, 3.05) is 0 Å². The van der Waals surface area contributed by atoms with Crippen molar-refractivity contribution in [2.45, 2.75) is 26.2 Å². The molecule has 0 fully saturated rings. The largest absolute Gasteiger partial charge is 0.466 e. The van der Waals surface area contributed by atoms with E-state index in [1.165, 1.54) is 0 Å². The van der Waals surface area contributed by atoms with Crippen LogP contribution in [0.3, 0.4) is 0 Å². The summed E-state index contributed by atoms with van der Waals surface area (Å²) in [6.45, 7) is 6.31. The second-order valence-corrected chi connectivity index (χ2v) is 21.3. The van der Waals surface area contributed by atoms with Crippen molar-refractivity contribution in [3.05, 3.63) is 254 Å². The molecule has 384 valence electrons. The Kier molecular flexibility index (Phi) is 8.36. The number of ether oxygens (including phenoxy) is 3. The van der Waals surface area contributed by atoms with Crippen LogP contribution >= 0.6 is 0 Å². The predicted molar refractivity (Wildman–Crippen MR) is 325 cm³/mol. The van der Waals surface area contributed by atoms with E-state index in [0.717, 1.165) is 77.6 Å². The molecule has 9 heteroatoms. The Morgan fingerprint density at radius 2 is 1.30 bits per heavy atom. The number of rotatable bonds is 8. The molecule has 0 amide bonds. The summed E-state index contributed by atoms with van der Waals surface area (Å²) in [6.07, 6.45) is 5.32. The highest BCUT2D eigenvalue weighted by Gasteiger charge is 2.44. The van der Waals surface area contributed by atoms with Gasteiger partial charge in [0.15, 0.2) is 5.75 Å². The number of aromatic nitrogens is 4. The molecule has 4 aromatic heterocycles. The van der Waals surface area contributed by atoms with Gasteiger partial charge >= 0.3 is 6.71 Å². The van der Waals surface area contributed by atoms with Gasteiger partial charge in [0.1, 0.15) is 45.8 Å². The second-order valence-electron chi connectivity index (χ2n) is 21.3. The molecule has 81 heavy (non-hydrogen) atoms. The van der Waals surface area contributed by atoms with Crippen molar-refractivity contribution < 1.29 is 36.9 Å². The minimum Gasteiger partial charge on any atom is -0.466 e. The third-order valence-electron chi connectivity index (χ3n) is 15.5. The summed E-state index contributed by atoms with van der Waals surface area (Å²) in [4.78, 5) is 4.99. The average molecular weight is 1060 g/mol. The molecule has 14 aromatic rings. The Hall–Kier alpha value is -10.4. The maximum Gasteiger partial charge on any atom is 0.305 e. The molecule has 10 aromatic carbocycles. The summed E-state index contributed by atoms with van der Waals surface area (Å²) in [5.74, 6) is 4.61. The summed E-state index contributed by atoms with van der Waals surface area (Å²) in [5.41, 5.74) is 9.94. The minimum absolute atomic E-state index is 0.144. The zero-order valence-corrected chi connectivity index (χ0v) is 43.8. The molecule has 2 aliphatic rings. The van der Waals surface area contributed by atoms with Gasteiger partial charge in [0.25, 0.3) is 6.33 Å². The van der Waals surface area contributed by atoms with Crippen LogP contribution in [0, 0.1) is 6.33 Å². The minimum atomic E-state index is -0.577. The Bertz CT molecular complexity index is 5360. The van der Waals surface area contributed by atoms with Crippen LogP contribution in [0.1, 0.15) is 40.0 Å². The number of furan rings is 1. The highest BCUT2D eigenvalue weighted by molar-refractivity contribution is 6.97. The van der Waals surface area contributed by atoms with Crippen LogP contribution in [0.2, 0.25) is 0 Å². The maximum absolute atomic E-state index is 9.11. The van der Waals surface area contributed by atoms with Gasteiger partial charge < -0.3 is 18.6 Å². The number of imidazole rings is 1. The van der Waals surface area contributed by atoms with E-state index in [2.05, 4.69) is 80.2 Å². The molecule has 0 saturated carbocycles. The Morgan fingerprint density at radius 3 is 2.11 bits per heavy atom. The first kappa shape index (κ1) is 37.4. The third kappa shape index (κ3) is 7.60. The van der Waals surface area contributed by atoms with Crippen LogP contribution in [-0.2, 0) is 5.41 Å². The van der Waals surface area contributed by atoms with Crippen LogP contribution in [0.25, 0.3) is 94.4 Å². The summed E-state index contributed by atoms with van der Waals surface area (Å²) in [6, 6.07) is 51.2. The van der Waals surface area contributed by atoms with Crippen molar-refractivity contribution in [1.82, 2.24) is 14.1 Å². The van der Waals surface area contributed by atoms with E-state index in [1.54, 1.807) is 27.3 Å². The van der Waals surface area contributed by atoms with Crippen LogP contribution in [-0.4, -0.2) is 20.8 Å². The van der Waals surface area contributed by atoms with E-state index < -0.39 is 60.4 Å². The van der Waals surface area contributed by atoms with Gasteiger partial charge in [0.05, 0.1) is 52.5 Å². The first-order chi connectivity index (χ1) is 43.9. The molecular weight excluding hydrogens is 996 g/mol. The lowest BCUT2D eigenvalue weighted by atomic mass is 9.37. The highest BCUT2D eigenvalue weighted by Crippen LogP contribution is 2.44. The number of hydrogen-bond acceptors (Lipinski definition) is 5. The number of hydrogen-bond donors (Lipinski definition) is 0. The SMILES string of the molecule is [2H]c1c([2H])c([2H])c(-c2cccc(-c3c([2H])c([2H])c([2H])c([2H])c3[2H])c2-[n+]2[c-]n(-c3cccc(Oc4ccc5c6cc(-c7cc8c9c(c7)Oc7c(oc%10ccccc7%10)B9c7ccccc7O8)ccc6n(-c6cc(C(C)(C)C)ccn6)c5c4)c3)c3ccccc32)c([2H])c1[2H]. The summed E-state index contributed by atoms with van der Waals surface area (Å²) in [7, 11) is 0. The fourth-order valence-corrected chi connectivity index (χ4v) is 11.7. The maximum atomic E-state index is 9.11. The topological polar surface area (TPSA) is 67.5 Å². The molecule has 2 aliphatic heterocycles. The standard InChI is InChI=1S/C72H49BN4O4/c1-72(2,3)49-36-37-74-67(41-49)77-59-35-32-47(48-39-65-68-66(40-48)80-70-56-24-10-14-30-63(56)81-71(70)73(68)58-27-11-15-31-64(58)79-65)38-57(59)55-34-33-52(43-62(55)77)78-51-23-16-22-50(42-51)75-44-76(61-29-13-12-28-60(61)75)69-53(45-18-6-4-7-19-45)25-17-26-54(69)46-20-8-5-9-21-46/h4-43H,1-3H3/i4D,5D,6D,7D,8D,9D,18D,19D,20D,21D. The average Bonchev–Trinajstić information content (AvgIpc) is 1.92. The van der Waals surface area contributed by atoms with Crippen molar-refractivity contribution in [3.8, 4) is 85.1 Å².